The number of unbranched alkanes of at least 4 members (excludes halogenated alkanes) is 1. The van der Waals surface area contributed by atoms with Crippen LogP contribution in [-0.4, -0.2) is 37.0 Å². The Morgan fingerprint density at radius 2 is 0.972 bits per heavy atom. The zero-order valence-electron chi connectivity index (χ0n) is 21.5. The molecule has 0 aliphatic heterocycles. The third-order valence-corrected chi connectivity index (χ3v) is 5.72. The van der Waals surface area contributed by atoms with Crippen LogP contribution < -0.4 is 32.1 Å². The Balaban J connectivity index is 1.80. The van der Waals surface area contributed by atoms with Crippen LogP contribution in [0.15, 0.2) is 70.3 Å². The molecule has 2 aromatic carbocycles. The molecule has 2 rings (SSSR count). The molecular formula is C28H38N4O4. The molecule has 0 aliphatic rings. The second-order valence-corrected chi connectivity index (χ2v) is 9.40. The lowest BCUT2D eigenvalue weighted by atomic mass is 10.0. The SMILES string of the molecule is CC(C)[C@H](Nc1cccccc1=O)C(=O)NCCCCNC(=O)[C@@H](Nc1cccccc1=O)C(C)C. The fourth-order valence-corrected chi connectivity index (χ4v) is 3.60. The highest BCUT2D eigenvalue weighted by molar-refractivity contribution is 5.85. The van der Waals surface area contributed by atoms with E-state index >= 15 is 0 Å². The number of anilines is 2. The number of nitrogens with one attached hydrogen (secondary N) is 4. The van der Waals surface area contributed by atoms with Gasteiger partial charge in [0.2, 0.25) is 22.7 Å². The molecule has 2 aromatic rings. The molecule has 0 saturated heterocycles. The van der Waals surface area contributed by atoms with Gasteiger partial charge < -0.3 is 21.3 Å². The molecule has 0 saturated carbocycles. The van der Waals surface area contributed by atoms with Gasteiger partial charge in [-0.15, -0.1) is 0 Å². The van der Waals surface area contributed by atoms with Gasteiger partial charge in [-0.05, 0) is 48.9 Å². The number of rotatable bonds is 13. The van der Waals surface area contributed by atoms with Crippen LogP contribution in [0.5, 0.6) is 0 Å². The van der Waals surface area contributed by atoms with E-state index in [2.05, 4.69) is 21.3 Å². The molecule has 4 N–H and O–H groups in total. The van der Waals surface area contributed by atoms with Gasteiger partial charge >= 0.3 is 0 Å². The maximum atomic E-state index is 12.7. The van der Waals surface area contributed by atoms with Crippen LogP contribution in [0.4, 0.5) is 11.4 Å². The standard InChI is InChI=1S/C28H38N4O4/c1-19(2)25(31-21-13-7-5-9-15-23(21)33)27(35)29-17-11-12-18-30-28(36)26(20(3)4)32-22-14-8-6-10-16-24(22)34/h5-10,13-16,19-20,25-26H,11-12,17-18H2,1-4H3,(H,29,35)(H,30,36)(H,31,33)(H,32,34)/t25-,26-/m0/s1. The van der Waals surface area contributed by atoms with Crippen LogP contribution in [0.3, 0.4) is 0 Å². The molecule has 0 aromatic heterocycles. The normalized spacial score (nSPS) is 12.5. The van der Waals surface area contributed by atoms with Gasteiger partial charge in [-0.25, -0.2) is 0 Å². The first-order valence-electron chi connectivity index (χ1n) is 12.5. The number of carbonyl (C=O) groups is 2. The predicted octanol–water partition coefficient (Wildman–Crippen LogP) is 2.99. The quantitative estimate of drug-likeness (QED) is 0.318. The van der Waals surface area contributed by atoms with Crippen molar-refractivity contribution in [2.24, 2.45) is 11.8 Å². The second kappa shape index (κ2) is 14.7. The summed E-state index contributed by atoms with van der Waals surface area (Å²) in [4.78, 5) is 49.8. The third-order valence-electron chi connectivity index (χ3n) is 5.72. The third kappa shape index (κ3) is 9.17. The summed E-state index contributed by atoms with van der Waals surface area (Å²) in [6.07, 6.45) is 1.37. The number of amides is 2. The van der Waals surface area contributed by atoms with Crippen molar-refractivity contribution in [2.45, 2.75) is 52.6 Å². The summed E-state index contributed by atoms with van der Waals surface area (Å²) in [7, 11) is 0. The summed E-state index contributed by atoms with van der Waals surface area (Å²) in [5, 5.41) is 12.0. The van der Waals surface area contributed by atoms with Crippen molar-refractivity contribution in [3.63, 3.8) is 0 Å². The first-order chi connectivity index (χ1) is 17.2. The van der Waals surface area contributed by atoms with Crippen molar-refractivity contribution in [3.05, 3.63) is 81.1 Å². The minimum atomic E-state index is -0.539. The van der Waals surface area contributed by atoms with Crippen molar-refractivity contribution in [1.82, 2.24) is 10.6 Å². The van der Waals surface area contributed by atoms with E-state index in [4.69, 9.17) is 0 Å². The van der Waals surface area contributed by atoms with Crippen molar-refractivity contribution < 1.29 is 9.59 Å². The monoisotopic (exact) mass is 494 g/mol. The summed E-state index contributed by atoms with van der Waals surface area (Å²) >= 11 is 0. The van der Waals surface area contributed by atoms with Crippen LogP contribution in [0.25, 0.3) is 0 Å². The molecule has 0 radical (unpaired) electrons. The highest BCUT2D eigenvalue weighted by Gasteiger charge is 2.23. The smallest absolute Gasteiger partial charge is 0.242 e. The van der Waals surface area contributed by atoms with Gasteiger partial charge in [0, 0.05) is 13.1 Å². The number of hydrogen-bond donors (Lipinski definition) is 4. The summed E-state index contributed by atoms with van der Waals surface area (Å²) in [5.74, 6) is -0.380. The predicted molar refractivity (Wildman–Crippen MR) is 145 cm³/mol. The van der Waals surface area contributed by atoms with Gasteiger partial charge in [-0.1, -0.05) is 64.1 Å². The van der Waals surface area contributed by atoms with Gasteiger partial charge in [0.15, 0.2) is 0 Å². The van der Waals surface area contributed by atoms with Crippen LogP contribution in [0, 0.1) is 11.8 Å². The van der Waals surface area contributed by atoms with E-state index in [1.807, 2.05) is 27.7 Å². The topological polar surface area (TPSA) is 116 Å². The molecule has 194 valence electrons. The zero-order chi connectivity index (χ0) is 26.5. The molecule has 0 unspecified atom stereocenters. The Morgan fingerprint density at radius 1 is 0.611 bits per heavy atom. The lowest BCUT2D eigenvalue weighted by Gasteiger charge is -2.23. The van der Waals surface area contributed by atoms with Crippen molar-refractivity contribution in [3.8, 4) is 0 Å². The Morgan fingerprint density at radius 3 is 1.33 bits per heavy atom. The largest absolute Gasteiger partial charge is 0.370 e. The average Bonchev–Trinajstić information content (AvgIpc) is 3.16. The number of carbonyl (C=O) groups excluding carboxylic acids is 2. The maximum Gasteiger partial charge on any atom is 0.242 e. The van der Waals surface area contributed by atoms with E-state index in [9.17, 15) is 19.2 Å². The molecule has 0 bridgehead atoms. The summed E-state index contributed by atoms with van der Waals surface area (Å²) in [6.45, 7) is 8.60. The van der Waals surface area contributed by atoms with Crippen LogP contribution in [0.1, 0.15) is 40.5 Å². The fourth-order valence-electron chi connectivity index (χ4n) is 3.60. The van der Waals surface area contributed by atoms with Gasteiger partial charge in [0.1, 0.15) is 12.1 Å². The maximum absolute atomic E-state index is 12.7. The molecule has 8 nitrogen and oxygen atoms in total. The van der Waals surface area contributed by atoms with E-state index in [-0.39, 0.29) is 34.5 Å². The molecule has 0 fully saturated rings. The molecule has 8 heteroatoms. The Bertz CT molecular complexity index is 1030. The lowest BCUT2D eigenvalue weighted by Crippen LogP contribution is -2.44. The molecule has 36 heavy (non-hydrogen) atoms. The molecule has 2 amide bonds. The van der Waals surface area contributed by atoms with Crippen molar-refractivity contribution in [1.29, 1.82) is 0 Å². The minimum absolute atomic E-state index is 0.0175. The van der Waals surface area contributed by atoms with E-state index in [0.717, 1.165) is 0 Å². The zero-order valence-corrected chi connectivity index (χ0v) is 21.5. The van der Waals surface area contributed by atoms with Crippen LogP contribution >= 0.6 is 0 Å². The van der Waals surface area contributed by atoms with Crippen molar-refractivity contribution in [2.75, 3.05) is 23.7 Å². The Labute approximate surface area is 212 Å². The summed E-state index contributed by atoms with van der Waals surface area (Å²) in [5.41, 5.74) is 0.434. The molecule has 0 aliphatic carbocycles. The highest BCUT2D eigenvalue weighted by Crippen LogP contribution is 2.10. The minimum Gasteiger partial charge on any atom is -0.370 e. The first-order valence-corrected chi connectivity index (χ1v) is 12.5. The van der Waals surface area contributed by atoms with Crippen molar-refractivity contribution >= 4 is 23.2 Å². The highest BCUT2D eigenvalue weighted by atomic mass is 16.2. The first kappa shape index (κ1) is 28.6. The van der Waals surface area contributed by atoms with Gasteiger partial charge in [0.05, 0.1) is 11.4 Å². The van der Waals surface area contributed by atoms with Gasteiger partial charge in [-0.3, -0.25) is 19.2 Å². The van der Waals surface area contributed by atoms with Gasteiger partial charge in [0.25, 0.3) is 0 Å². The Kier molecular flexibility index (Phi) is 11.6. The summed E-state index contributed by atoms with van der Waals surface area (Å²) < 4.78 is 0. The molecule has 0 heterocycles. The Hall–Kier alpha value is -3.68. The lowest BCUT2D eigenvalue weighted by molar-refractivity contribution is -0.123. The van der Waals surface area contributed by atoms with E-state index < -0.39 is 12.1 Å². The van der Waals surface area contributed by atoms with E-state index in [0.29, 0.717) is 37.3 Å². The molecule has 2 atom stereocenters. The second-order valence-electron chi connectivity index (χ2n) is 9.40. The van der Waals surface area contributed by atoms with Gasteiger partial charge in [-0.2, -0.15) is 0 Å². The molecule has 0 spiro atoms. The van der Waals surface area contributed by atoms with E-state index in [1.165, 1.54) is 12.1 Å². The fraction of sp³-hybridized carbons (Fsp3) is 0.429. The van der Waals surface area contributed by atoms with Crippen LogP contribution in [-0.2, 0) is 9.59 Å². The number of hydrogen-bond acceptors (Lipinski definition) is 6. The average molecular weight is 495 g/mol. The molecular weight excluding hydrogens is 456 g/mol. The van der Waals surface area contributed by atoms with Crippen LogP contribution in [0.2, 0.25) is 0 Å². The summed E-state index contributed by atoms with van der Waals surface area (Å²) in [6, 6.07) is 15.6. The van der Waals surface area contributed by atoms with E-state index in [1.54, 1.807) is 48.5 Å².